The largest absolute Gasteiger partial charge is 0.441 e. The van der Waals surface area contributed by atoms with Crippen LogP contribution in [0.3, 0.4) is 0 Å². The van der Waals surface area contributed by atoms with Gasteiger partial charge in [-0.1, -0.05) is 50.7 Å². The van der Waals surface area contributed by atoms with Gasteiger partial charge in [0.15, 0.2) is 11.5 Å². The molecule has 1 heterocycles. The summed E-state index contributed by atoms with van der Waals surface area (Å²) in [6, 6.07) is 7.76. The van der Waals surface area contributed by atoms with E-state index in [-0.39, 0.29) is 6.10 Å². The van der Waals surface area contributed by atoms with Gasteiger partial charge in [0.05, 0.1) is 12.5 Å². The summed E-state index contributed by atoms with van der Waals surface area (Å²) in [6.07, 6.45) is 8.99. The van der Waals surface area contributed by atoms with Gasteiger partial charge in [-0.05, 0) is 24.5 Å². The van der Waals surface area contributed by atoms with Gasteiger partial charge in [-0.25, -0.2) is 4.98 Å². The Kier molecular flexibility index (Phi) is 4.36. The van der Waals surface area contributed by atoms with Crippen LogP contribution in [-0.4, -0.2) is 16.2 Å². The van der Waals surface area contributed by atoms with Gasteiger partial charge in [0.1, 0.15) is 5.52 Å². The Labute approximate surface area is 120 Å². The van der Waals surface area contributed by atoms with E-state index in [1.165, 1.54) is 38.5 Å². The first-order chi connectivity index (χ1) is 9.81. The Morgan fingerprint density at radius 1 is 1.15 bits per heavy atom. The van der Waals surface area contributed by atoms with E-state index in [4.69, 9.17) is 4.42 Å². The maximum atomic E-state index is 10.3. The fourth-order valence-electron chi connectivity index (χ4n) is 3.28. The van der Waals surface area contributed by atoms with E-state index < -0.39 is 0 Å². The maximum Gasteiger partial charge on any atom is 0.198 e. The van der Waals surface area contributed by atoms with Gasteiger partial charge in [0.25, 0.3) is 0 Å². The number of nitrogens with zero attached hydrogens (tertiary/aromatic N) is 1. The molecule has 0 spiro atoms. The molecule has 108 valence electrons. The molecule has 0 amide bonds. The molecule has 0 bridgehead atoms. The highest BCUT2D eigenvalue weighted by molar-refractivity contribution is 5.72. The fraction of sp³-hybridized carbons (Fsp3) is 0.588. The van der Waals surface area contributed by atoms with Crippen LogP contribution in [0.1, 0.15) is 50.8 Å². The molecule has 1 aliphatic rings. The van der Waals surface area contributed by atoms with Gasteiger partial charge < -0.3 is 9.52 Å². The predicted molar refractivity (Wildman–Crippen MR) is 79.5 cm³/mol. The summed E-state index contributed by atoms with van der Waals surface area (Å²) in [7, 11) is 0. The number of aromatic nitrogens is 1. The number of hydrogen-bond acceptors (Lipinski definition) is 3. The quantitative estimate of drug-likeness (QED) is 0.853. The summed E-state index contributed by atoms with van der Waals surface area (Å²) in [5, 5.41) is 10.3. The van der Waals surface area contributed by atoms with Crippen LogP contribution in [0.2, 0.25) is 0 Å². The van der Waals surface area contributed by atoms with Crippen molar-refractivity contribution in [3.63, 3.8) is 0 Å². The van der Waals surface area contributed by atoms with E-state index >= 15 is 0 Å². The fourth-order valence-corrected chi connectivity index (χ4v) is 3.28. The highest BCUT2D eigenvalue weighted by atomic mass is 16.4. The predicted octanol–water partition coefficient (Wildman–Crippen LogP) is 4.09. The van der Waals surface area contributed by atoms with Crippen molar-refractivity contribution in [2.24, 2.45) is 5.92 Å². The third-order valence-corrected chi connectivity index (χ3v) is 4.33. The molecule has 20 heavy (non-hydrogen) atoms. The average Bonchev–Trinajstić information content (AvgIpc) is 2.66. The molecule has 3 rings (SSSR count). The van der Waals surface area contributed by atoms with Gasteiger partial charge in [-0.3, -0.25) is 0 Å². The van der Waals surface area contributed by atoms with Crippen molar-refractivity contribution in [3.05, 3.63) is 30.2 Å². The molecule has 0 saturated heterocycles. The van der Waals surface area contributed by atoms with E-state index in [1.807, 2.05) is 24.3 Å². The van der Waals surface area contributed by atoms with E-state index in [2.05, 4.69) is 4.98 Å². The van der Waals surface area contributed by atoms with Crippen molar-refractivity contribution < 1.29 is 9.52 Å². The van der Waals surface area contributed by atoms with Gasteiger partial charge in [-0.15, -0.1) is 0 Å². The molecular formula is C17H23NO2. The van der Waals surface area contributed by atoms with Gasteiger partial charge in [0, 0.05) is 0 Å². The lowest BCUT2D eigenvalue weighted by Crippen LogP contribution is -2.16. The van der Waals surface area contributed by atoms with Crippen LogP contribution in [0.15, 0.2) is 28.7 Å². The van der Waals surface area contributed by atoms with Crippen molar-refractivity contribution >= 4 is 11.1 Å². The number of hydrogen-bond donors (Lipinski definition) is 1. The minimum Gasteiger partial charge on any atom is -0.441 e. The van der Waals surface area contributed by atoms with E-state index in [1.54, 1.807) is 0 Å². The van der Waals surface area contributed by atoms with Crippen molar-refractivity contribution in [3.8, 4) is 0 Å². The van der Waals surface area contributed by atoms with Crippen LogP contribution in [0.4, 0.5) is 0 Å². The Morgan fingerprint density at radius 2 is 1.90 bits per heavy atom. The lowest BCUT2D eigenvalue weighted by Gasteiger charge is -2.17. The minimum atomic E-state index is -0.328. The Balaban J connectivity index is 1.58. The molecule has 1 N–H and O–H groups in total. The van der Waals surface area contributed by atoms with Crippen molar-refractivity contribution in [2.45, 2.75) is 57.5 Å². The summed E-state index contributed by atoms with van der Waals surface area (Å²) in [6.45, 7) is 0. The second kappa shape index (κ2) is 6.40. The topological polar surface area (TPSA) is 46.3 Å². The summed E-state index contributed by atoms with van der Waals surface area (Å²) < 4.78 is 5.68. The number of aliphatic hydroxyl groups is 1. The third-order valence-electron chi connectivity index (χ3n) is 4.33. The van der Waals surface area contributed by atoms with Crippen molar-refractivity contribution in [2.75, 3.05) is 0 Å². The number of para-hydroxylation sites is 2. The molecule has 2 aromatic rings. The number of fused-ring (bicyclic) bond motifs is 1. The number of benzene rings is 1. The minimum absolute atomic E-state index is 0.328. The second-order valence-corrected chi connectivity index (χ2v) is 6.03. The van der Waals surface area contributed by atoms with Crippen molar-refractivity contribution in [1.82, 2.24) is 4.98 Å². The summed E-state index contributed by atoms with van der Waals surface area (Å²) >= 11 is 0. The van der Waals surface area contributed by atoms with E-state index in [0.29, 0.717) is 18.2 Å². The highest BCUT2D eigenvalue weighted by Crippen LogP contribution is 2.27. The lowest BCUT2D eigenvalue weighted by molar-refractivity contribution is 0.131. The Hall–Kier alpha value is -1.35. The normalized spacial score (nSPS) is 19.1. The molecular weight excluding hydrogens is 250 g/mol. The standard InChI is InChI=1S/C17H23NO2/c19-14(11-13-7-3-1-2-4-8-13)12-17-18-15-9-5-6-10-16(15)20-17/h5-6,9-10,13-14,19H,1-4,7-8,11-12H2. The highest BCUT2D eigenvalue weighted by Gasteiger charge is 2.18. The molecule has 0 aliphatic heterocycles. The van der Waals surface area contributed by atoms with Gasteiger partial charge >= 0.3 is 0 Å². The number of aliphatic hydroxyl groups excluding tert-OH is 1. The first-order valence-electron chi connectivity index (χ1n) is 7.84. The average molecular weight is 273 g/mol. The van der Waals surface area contributed by atoms with Crippen LogP contribution in [0, 0.1) is 5.92 Å². The zero-order valence-corrected chi connectivity index (χ0v) is 11.9. The summed E-state index contributed by atoms with van der Waals surface area (Å²) in [5.41, 5.74) is 1.69. The van der Waals surface area contributed by atoms with Crippen molar-refractivity contribution in [1.29, 1.82) is 0 Å². The van der Waals surface area contributed by atoms with Crippen LogP contribution in [0.5, 0.6) is 0 Å². The van der Waals surface area contributed by atoms with Crippen LogP contribution >= 0.6 is 0 Å². The van der Waals surface area contributed by atoms with E-state index in [0.717, 1.165) is 17.5 Å². The van der Waals surface area contributed by atoms with Crippen LogP contribution < -0.4 is 0 Å². The zero-order chi connectivity index (χ0) is 13.8. The molecule has 1 aliphatic carbocycles. The first-order valence-corrected chi connectivity index (χ1v) is 7.84. The van der Waals surface area contributed by atoms with E-state index in [9.17, 15) is 5.11 Å². The summed E-state index contributed by atoms with van der Waals surface area (Å²) in [5.74, 6) is 1.34. The molecule has 1 aromatic carbocycles. The molecule has 1 unspecified atom stereocenters. The Bertz CT molecular complexity index is 508. The molecule has 1 aromatic heterocycles. The molecule has 1 saturated carbocycles. The third kappa shape index (κ3) is 3.40. The lowest BCUT2D eigenvalue weighted by atomic mass is 9.93. The molecule has 3 heteroatoms. The summed E-state index contributed by atoms with van der Waals surface area (Å²) in [4.78, 5) is 4.44. The smallest absolute Gasteiger partial charge is 0.198 e. The number of oxazole rings is 1. The number of rotatable bonds is 4. The molecule has 1 fully saturated rings. The molecule has 0 radical (unpaired) electrons. The van der Waals surface area contributed by atoms with Gasteiger partial charge in [-0.2, -0.15) is 0 Å². The molecule has 1 atom stereocenters. The maximum absolute atomic E-state index is 10.3. The van der Waals surface area contributed by atoms with Crippen LogP contribution in [0.25, 0.3) is 11.1 Å². The Morgan fingerprint density at radius 3 is 2.65 bits per heavy atom. The van der Waals surface area contributed by atoms with Gasteiger partial charge in [0.2, 0.25) is 0 Å². The van der Waals surface area contributed by atoms with Crippen LogP contribution in [-0.2, 0) is 6.42 Å². The monoisotopic (exact) mass is 273 g/mol. The zero-order valence-electron chi connectivity index (χ0n) is 11.9. The SMILES string of the molecule is OC(Cc1nc2ccccc2o1)CC1CCCCCC1. The second-order valence-electron chi connectivity index (χ2n) is 6.03. The first kappa shape index (κ1) is 13.6. The molecule has 3 nitrogen and oxygen atoms in total.